The maximum absolute atomic E-state index is 12.2. The molecule has 6 heteroatoms. The first kappa shape index (κ1) is 13.9. The van der Waals surface area contributed by atoms with Crippen LogP contribution >= 0.6 is 11.8 Å². The molecule has 0 saturated heterocycles. The minimum Gasteiger partial charge on any atom is -0.416 e. The molecule has 2 aromatic heterocycles. The Morgan fingerprint density at radius 2 is 2.11 bits per heavy atom. The van der Waals surface area contributed by atoms with Crippen LogP contribution in [-0.4, -0.2) is 26.3 Å². The van der Waals surface area contributed by atoms with Crippen LogP contribution < -0.4 is 0 Å². The molecule has 0 bridgehead atoms. The number of nitrogens with zero attached hydrogens (tertiary/aromatic N) is 3. The molecule has 0 atom stereocenters. The Morgan fingerprint density at radius 3 is 2.63 bits per heavy atom. The number of hydrogen-bond acceptors (Lipinski definition) is 5. The third-order valence-corrected chi connectivity index (χ3v) is 3.84. The van der Waals surface area contributed by atoms with E-state index in [1.165, 1.54) is 11.8 Å². The Hall–Kier alpha value is -1.56. The van der Waals surface area contributed by atoms with Crippen molar-refractivity contribution in [3.05, 3.63) is 28.9 Å². The van der Waals surface area contributed by atoms with Crippen molar-refractivity contribution in [2.45, 2.75) is 39.5 Å². The summed E-state index contributed by atoms with van der Waals surface area (Å²) in [6, 6.07) is 1.95. The highest BCUT2D eigenvalue weighted by molar-refractivity contribution is 7.99. The van der Waals surface area contributed by atoms with Gasteiger partial charge in [0, 0.05) is 30.4 Å². The summed E-state index contributed by atoms with van der Waals surface area (Å²) < 4.78 is 7.37. The Bertz CT molecular complexity index is 601. The Kier molecular flexibility index (Phi) is 4.09. The largest absolute Gasteiger partial charge is 0.416 e. The molecular weight excluding hydrogens is 262 g/mol. The first-order valence-electron chi connectivity index (χ1n) is 6.15. The fourth-order valence-corrected chi connectivity index (χ4v) is 2.80. The molecule has 5 nitrogen and oxygen atoms in total. The maximum Gasteiger partial charge on any atom is 0.277 e. The number of Topliss-reactive ketones (excluding diaryl/α,β-unsaturated/α-hetero) is 1. The van der Waals surface area contributed by atoms with Gasteiger partial charge in [0.2, 0.25) is 5.89 Å². The van der Waals surface area contributed by atoms with Gasteiger partial charge >= 0.3 is 0 Å². The van der Waals surface area contributed by atoms with Gasteiger partial charge in [-0.3, -0.25) is 4.79 Å². The van der Waals surface area contributed by atoms with E-state index in [0.29, 0.717) is 16.9 Å². The molecule has 0 amide bonds. The van der Waals surface area contributed by atoms with Crippen LogP contribution in [0.4, 0.5) is 0 Å². The summed E-state index contributed by atoms with van der Waals surface area (Å²) in [5.41, 5.74) is 2.91. The molecule has 0 aliphatic heterocycles. The number of carbonyl (C=O) groups excluding carboxylic acids is 1. The van der Waals surface area contributed by atoms with Gasteiger partial charge in [-0.1, -0.05) is 11.8 Å². The van der Waals surface area contributed by atoms with Gasteiger partial charge in [0.25, 0.3) is 5.22 Å². The fourth-order valence-electron chi connectivity index (χ4n) is 2.11. The van der Waals surface area contributed by atoms with E-state index in [1.54, 1.807) is 6.92 Å². The van der Waals surface area contributed by atoms with Crippen molar-refractivity contribution in [2.75, 3.05) is 5.75 Å². The molecule has 0 saturated carbocycles. The molecule has 0 aliphatic carbocycles. The zero-order chi connectivity index (χ0) is 14.0. The molecule has 19 heavy (non-hydrogen) atoms. The summed E-state index contributed by atoms with van der Waals surface area (Å²) in [4.78, 5) is 12.2. The summed E-state index contributed by atoms with van der Waals surface area (Å²) in [6.07, 6.45) is 0. The van der Waals surface area contributed by atoms with Crippen LogP contribution in [0.3, 0.4) is 0 Å². The molecule has 2 heterocycles. The highest BCUT2D eigenvalue weighted by Crippen LogP contribution is 2.21. The highest BCUT2D eigenvalue weighted by atomic mass is 32.2. The van der Waals surface area contributed by atoms with E-state index in [9.17, 15) is 4.79 Å². The fraction of sp³-hybridized carbons (Fsp3) is 0.462. The Labute approximate surface area is 116 Å². The molecule has 0 unspecified atom stereocenters. The van der Waals surface area contributed by atoms with Gasteiger partial charge < -0.3 is 8.98 Å². The van der Waals surface area contributed by atoms with Crippen molar-refractivity contribution in [1.82, 2.24) is 14.8 Å². The lowest BCUT2D eigenvalue weighted by Crippen LogP contribution is -2.05. The van der Waals surface area contributed by atoms with Gasteiger partial charge in [-0.25, -0.2) is 0 Å². The second-order valence-electron chi connectivity index (χ2n) is 4.33. The lowest BCUT2D eigenvalue weighted by Gasteiger charge is -2.05. The van der Waals surface area contributed by atoms with Crippen LogP contribution in [0.1, 0.15) is 34.6 Å². The summed E-state index contributed by atoms with van der Waals surface area (Å²) in [5, 5.41) is 8.04. The number of thioether (sulfide) groups is 1. The van der Waals surface area contributed by atoms with Crippen LogP contribution in [0.5, 0.6) is 0 Å². The average Bonchev–Trinajstić information content (AvgIpc) is 2.90. The van der Waals surface area contributed by atoms with Crippen molar-refractivity contribution in [2.24, 2.45) is 0 Å². The predicted octanol–water partition coefficient (Wildman–Crippen LogP) is 2.79. The van der Waals surface area contributed by atoms with Gasteiger partial charge in [-0.05, 0) is 26.8 Å². The molecule has 2 aromatic rings. The normalized spacial score (nSPS) is 10.9. The highest BCUT2D eigenvalue weighted by Gasteiger charge is 2.16. The summed E-state index contributed by atoms with van der Waals surface area (Å²) in [6.45, 7) is 8.67. The second-order valence-corrected chi connectivity index (χ2v) is 5.25. The Balaban J connectivity index is 2.08. The minimum absolute atomic E-state index is 0.0913. The molecule has 0 N–H and O–H groups in total. The van der Waals surface area contributed by atoms with Gasteiger partial charge in [0.15, 0.2) is 5.78 Å². The van der Waals surface area contributed by atoms with Crippen LogP contribution in [-0.2, 0) is 6.54 Å². The number of carbonyl (C=O) groups is 1. The minimum atomic E-state index is 0.0913. The molecule has 0 aliphatic rings. The standard InChI is InChI=1S/C13H17N3O2S/c1-5-16-8(2)6-11(9(16)3)12(17)7-19-13-15-14-10(4)18-13/h6H,5,7H2,1-4H3. The zero-order valence-electron chi connectivity index (χ0n) is 11.6. The van der Waals surface area contributed by atoms with E-state index in [1.807, 2.05) is 19.9 Å². The molecular formula is C13H17N3O2S. The van der Waals surface area contributed by atoms with E-state index in [0.717, 1.165) is 23.5 Å². The summed E-state index contributed by atoms with van der Waals surface area (Å²) in [7, 11) is 0. The smallest absolute Gasteiger partial charge is 0.277 e. The zero-order valence-corrected chi connectivity index (χ0v) is 12.4. The molecule has 0 spiro atoms. The number of hydrogen-bond donors (Lipinski definition) is 0. The average molecular weight is 279 g/mol. The van der Waals surface area contributed by atoms with E-state index in [-0.39, 0.29) is 5.78 Å². The van der Waals surface area contributed by atoms with E-state index in [2.05, 4.69) is 21.7 Å². The van der Waals surface area contributed by atoms with Gasteiger partial charge in [0.1, 0.15) is 0 Å². The van der Waals surface area contributed by atoms with Crippen LogP contribution in [0.15, 0.2) is 15.7 Å². The van der Waals surface area contributed by atoms with E-state index in [4.69, 9.17) is 4.42 Å². The first-order chi connectivity index (χ1) is 9.02. The number of ketones is 1. The monoisotopic (exact) mass is 279 g/mol. The lowest BCUT2D eigenvalue weighted by atomic mass is 10.2. The molecule has 0 radical (unpaired) electrons. The van der Waals surface area contributed by atoms with Crippen molar-refractivity contribution < 1.29 is 9.21 Å². The van der Waals surface area contributed by atoms with Gasteiger partial charge in [-0.15, -0.1) is 10.2 Å². The predicted molar refractivity (Wildman–Crippen MR) is 73.7 cm³/mol. The molecule has 0 fully saturated rings. The van der Waals surface area contributed by atoms with Crippen LogP contribution in [0.25, 0.3) is 0 Å². The van der Waals surface area contributed by atoms with Crippen molar-refractivity contribution >= 4 is 17.5 Å². The van der Waals surface area contributed by atoms with Gasteiger partial charge in [-0.2, -0.15) is 0 Å². The number of aryl methyl sites for hydroxylation is 2. The van der Waals surface area contributed by atoms with Crippen molar-refractivity contribution in [3.63, 3.8) is 0 Å². The lowest BCUT2D eigenvalue weighted by molar-refractivity contribution is 0.102. The third-order valence-electron chi connectivity index (χ3n) is 3.02. The van der Waals surface area contributed by atoms with Crippen LogP contribution in [0, 0.1) is 20.8 Å². The Morgan fingerprint density at radius 1 is 1.37 bits per heavy atom. The van der Waals surface area contributed by atoms with E-state index < -0.39 is 0 Å². The van der Waals surface area contributed by atoms with E-state index >= 15 is 0 Å². The molecule has 102 valence electrons. The maximum atomic E-state index is 12.2. The third kappa shape index (κ3) is 2.89. The van der Waals surface area contributed by atoms with Crippen molar-refractivity contribution in [1.29, 1.82) is 0 Å². The molecule has 2 rings (SSSR count). The topological polar surface area (TPSA) is 60.9 Å². The summed E-state index contributed by atoms with van der Waals surface area (Å²) >= 11 is 1.28. The quantitative estimate of drug-likeness (QED) is 0.622. The number of rotatable bonds is 5. The van der Waals surface area contributed by atoms with Crippen LogP contribution in [0.2, 0.25) is 0 Å². The number of aromatic nitrogens is 3. The van der Waals surface area contributed by atoms with Gasteiger partial charge in [0.05, 0.1) is 5.75 Å². The summed E-state index contributed by atoms with van der Waals surface area (Å²) in [5.74, 6) is 0.920. The molecule has 0 aromatic carbocycles. The SMILES string of the molecule is CCn1c(C)cc(C(=O)CSc2nnc(C)o2)c1C. The second kappa shape index (κ2) is 5.61. The first-order valence-corrected chi connectivity index (χ1v) is 7.14. The van der Waals surface area contributed by atoms with Crippen molar-refractivity contribution in [3.8, 4) is 0 Å².